The van der Waals surface area contributed by atoms with Crippen molar-refractivity contribution in [1.82, 2.24) is 4.90 Å². The van der Waals surface area contributed by atoms with E-state index in [0.717, 1.165) is 0 Å². The zero-order chi connectivity index (χ0) is 11.5. The largest absolute Gasteiger partial charge is 0.492 e. The van der Waals surface area contributed by atoms with Crippen molar-refractivity contribution in [2.75, 3.05) is 19.7 Å². The lowest BCUT2D eigenvalue weighted by molar-refractivity contribution is -0.127. The van der Waals surface area contributed by atoms with Crippen molar-refractivity contribution in [3.63, 3.8) is 0 Å². The lowest BCUT2D eigenvalue weighted by atomic mass is 10.1. The van der Waals surface area contributed by atoms with E-state index in [2.05, 4.69) is 0 Å². The Hall–Kier alpha value is -0.473. The second-order valence-corrected chi connectivity index (χ2v) is 6.02. The van der Waals surface area contributed by atoms with Gasteiger partial charge in [-0.05, 0) is 6.42 Å². The van der Waals surface area contributed by atoms with Crippen LogP contribution in [0.2, 0.25) is 6.04 Å². The zero-order valence-corrected chi connectivity index (χ0v) is 9.46. The van der Waals surface area contributed by atoms with Crippen LogP contribution in [0.3, 0.4) is 0 Å². The first-order valence-electron chi connectivity index (χ1n) is 4.98. The third kappa shape index (κ3) is 4.27. The summed E-state index contributed by atoms with van der Waals surface area (Å²) in [5.74, 6) is -0.0213. The Bertz CT molecular complexity index is 230. The van der Waals surface area contributed by atoms with Crippen molar-refractivity contribution in [3.8, 4) is 0 Å². The molecule has 0 aromatic rings. The van der Waals surface area contributed by atoms with Gasteiger partial charge < -0.3 is 24.4 Å². The molecule has 4 N–H and O–H groups in total. The summed E-state index contributed by atoms with van der Waals surface area (Å²) in [6.45, 7) is 0.929. The van der Waals surface area contributed by atoms with Crippen LogP contribution in [0, 0.1) is 5.92 Å². The molecule has 0 bridgehead atoms. The number of hydrogen-bond acceptors (Lipinski definition) is 5. The second-order valence-electron chi connectivity index (χ2n) is 3.97. The fourth-order valence-electron chi connectivity index (χ4n) is 1.70. The van der Waals surface area contributed by atoms with Crippen molar-refractivity contribution in [2.45, 2.75) is 18.9 Å². The molecule has 88 valence electrons. The molecule has 1 saturated heterocycles. The van der Waals surface area contributed by atoms with Gasteiger partial charge in [0.25, 0.3) is 0 Å². The average Bonchev–Trinajstić information content (AvgIpc) is 2.45. The smallest absolute Gasteiger partial charge is 0.396 e. The Morgan fingerprint density at radius 2 is 2.07 bits per heavy atom. The molecule has 0 aromatic heterocycles. The number of amides is 1. The summed E-state index contributed by atoms with van der Waals surface area (Å²) in [5.41, 5.74) is 0. The molecule has 0 spiro atoms. The quantitative estimate of drug-likeness (QED) is 0.418. The molecule has 1 heterocycles. The summed E-state index contributed by atoms with van der Waals surface area (Å²) in [6, 6.07) is -0.0550. The minimum Gasteiger partial charge on any atom is -0.396 e. The number of aliphatic hydroxyl groups excluding tert-OH is 1. The standard InChI is InChI=1S/C8H17NO5Si/c10-6-7-4-8(11)9(5-7)2-1-3-15(12,13)14/h7,10,12-14H,1-6H2. The maximum Gasteiger partial charge on any atom is 0.492 e. The monoisotopic (exact) mass is 235 g/mol. The van der Waals surface area contributed by atoms with Gasteiger partial charge in [-0.2, -0.15) is 0 Å². The van der Waals surface area contributed by atoms with Gasteiger partial charge in [-0.15, -0.1) is 0 Å². The van der Waals surface area contributed by atoms with E-state index in [1.54, 1.807) is 4.90 Å². The predicted octanol–water partition coefficient (Wildman–Crippen LogP) is -1.87. The van der Waals surface area contributed by atoms with Crippen LogP contribution in [0.4, 0.5) is 0 Å². The van der Waals surface area contributed by atoms with E-state index in [-0.39, 0.29) is 24.5 Å². The number of likely N-dealkylation sites (tertiary alicyclic amines) is 1. The molecular formula is C8H17NO5Si. The molecule has 1 amide bonds. The molecule has 1 aliphatic rings. The van der Waals surface area contributed by atoms with Crippen molar-refractivity contribution in [3.05, 3.63) is 0 Å². The van der Waals surface area contributed by atoms with Crippen LogP contribution in [-0.2, 0) is 4.79 Å². The van der Waals surface area contributed by atoms with Gasteiger partial charge in [0.05, 0.1) is 0 Å². The molecule has 1 aliphatic heterocycles. The molecule has 0 saturated carbocycles. The number of nitrogens with zero attached hydrogens (tertiary/aromatic N) is 1. The Morgan fingerprint density at radius 3 is 2.53 bits per heavy atom. The van der Waals surface area contributed by atoms with Crippen LogP contribution < -0.4 is 0 Å². The molecule has 0 aliphatic carbocycles. The van der Waals surface area contributed by atoms with Crippen LogP contribution in [0.25, 0.3) is 0 Å². The van der Waals surface area contributed by atoms with Gasteiger partial charge >= 0.3 is 8.80 Å². The van der Waals surface area contributed by atoms with Crippen molar-refractivity contribution >= 4 is 14.7 Å². The van der Waals surface area contributed by atoms with Crippen LogP contribution in [0.1, 0.15) is 12.8 Å². The predicted molar refractivity (Wildman–Crippen MR) is 53.6 cm³/mol. The molecule has 1 unspecified atom stereocenters. The summed E-state index contributed by atoms with van der Waals surface area (Å²) >= 11 is 0. The summed E-state index contributed by atoms with van der Waals surface area (Å²) in [4.78, 5) is 39.2. The molecule has 1 fully saturated rings. The highest BCUT2D eigenvalue weighted by Gasteiger charge is 2.30. The SMILES string of the molecule is O=C1CC(CO)CN1CCC[Si](O)(O)O. The Labute approximate surface area is 89.1 Å². The van der Waals surface area contributed by atoms with Gasteiger partial charge in [0.1, 0.15) is 0 Å². The summed E-state index contributed by atoms with van der Waals surface area (Å²) in [6.07, 6.45) is 0.732. The lowest BCUT2D eigenvalue weighted by Gasteiger charge is -2.17. The van der Waals surface area contributed by atoms with E-state index in [9.17, 15) is 4.79 Å². The zero-order valence-electron chi connectivity index (χ0n) is 8.46. The van der Waals surface area contributed by atoms with Crippen LogP contribution in [0.5, 0.6) is 0 Å². The molecule has 1 rings (SSSR count). The highest BCUT2D eigenvalue weighted by molar-refractivity contribution is 6.56. The minimum absolute atomic E-state index is 0.000920. The lowest BCUT2D eigenvalue weighted by Crippen LogP contribution is -2.36. The first-order chi connectivity index (χ1) is 6.92. The van der Waals surface area contributed by atoms with Gasteiger partial charge in [-0.3, -0.25) is 4.79 Å². The fraction of sp³-hybridized carbons (Fsp3) is 0.875. The van der Waals surface area contributed by atoms with Crippen LogP contribution >= 0.6 is 0 Å². The highest BCUT2D eigenvalue weighted by atomic mass is 28.4. The average molecular weight is 235 g/mol. The highest BCUT2D eigenvalue weighted by Crippen LogP contribution is 2.17. The van der Waals surface area contributed by atoms with Crippen LogP contribution in [0.15, 0.2) is 0 Å². The van der Waals surface area contributed by atoms with Gasteiger partial charge in [0, 0.05) is 38.1 Å². The first kappa shape index (κ1) is 12.6. The summed E-state index contributed by atoms with van der Waals surface area (Å²) < 4.78 is 0. The van der Waals surface area contributed by atoms with Crippen molar-refractivity contribution < 1.29 is 24.3 Å². The third-order valence-corrected chi connectivity index (χ3v) is 3.52. The Morgan fingerprint density at radius 1 is 1.40 bits per heavy atom. The van der Waals surface area contributed by atoms with E-state index < -0.39 is 8.80 Å². The first-order valence-corrected chi connectivity index (χ1v) is 7.03. The summed E-state index contributed by atoms with van der Waals surface area (Å²) in [5, 5.41) is 8.86. The molecular weight excluding hydrogens is 218 g/mol. The van der Waals surface area contributed by atoms with Gasteiger partial charge in [-0.1, -0.05) is 0 Å². The molecule has 1 atom stereocenters. The topological polar surface area (TPSA) is 101 Å². The maximum absolute atomic E-state index is 11.3. The Kier molecular flexibility index (Phi) is 4.23. The van der Waals surface area contributed by atoms with E-state index in [1.165, 1.54) is 0 Å². The Balaban J connectivity index is 2.25. The normalized spacial score (nSPS) is 22.5. The molecule has 6 nitrogen and oxygen atoms in total. The van der Waals surface area contributed by atoms with Crippen molar-refractivity contribution in [2.24, 2.45) is 5.92 Å². The van der Waals surface area contributed by atoms with Crippen LogP contribution in [-0.4, -0.2) is 58.8 Å². The van der Waals surface area contributed by atoms with Gasteiger partial charge in [-0.25, -0.2) is 0 Å². The van der Waals surface area contributed by atoms with E-state index in [0.29, 0.717) is 25.9 Å². The van der Waals surface area contributed by atoms with Gasteiger partial charge in [0.2, 0.25) is 5.91 Å². The fourth-order valence-corrected chi connectivity index (χ4v) is 2.33. The number of hydrogen-bond donors (Lipinski definition) is 4. The van der Waals surface area contributed by atoms with E-state index >= 15 is 0 Å². The van der Waals surface area contributed by atoms with Gasteiger partial charge in [0.15, 0.2) is 0 Å². The third-order valence-electron chi connectivity index (χ3n) is 2.49. The molecule has 15 heavy (non-hydrogen) atoms. The molecule has 0 radical (unpaired) electrons. The molecule has 7 heteroatoms. The maximum atomic E-state index is 11.3. The van der Waals surface area contributed by atoms with Crippen molar-refractivity contribution in [1.29, 1.82) is 0 Å². The minimum atomic E-state index is -3.96. The number of rotatable bonds is 5. The summed E-state index contributed by atoms with van der Waals surface area (Å²) in [7, 11) is -3.96. The van der Waals surface area contributed by atoms with E-state index in [4.69, 9.17) is 19.5 Å². The number of carbonyl (C=O) groups excluding carboxylic acids is 1. The van der Waals surface area contributed by atoms with E-state index in [1.807, 2.05) is 0 Å². The number of carbonyl (C=O) groups is 1. The number of aliphatic hydroxyl groups is 1. The molecule has 0 aromatic carbocycles. The second kappa shape index (κ2) is 5.04.